The van der Waals surface area contributed by atoms with E-state index in [1.54, 1.807) is 30.3 Å². The maximum absolute atomic E-state index is 13.6. The summed E-state index contributed by atoms with van der Waals surface area (Å²) in [6.45, 7) is 3.79. The molecule has 1 amide bonds. The summed E-state index contributed by atoms with van der Waals surface area (Å²) in [5, 5.41) is 0.844. The molecule has 5 rings (SSSR count). The molecular weight excluding hydrogens is 471 g/mol. The predicted octanol–water partition coefficient (Wildman–Crippen LogP) is 5.52. The molecule has 1 aliphatic heterocycles. The van der Waals surface area contributed by atoms with Gasteiger partial charge in [-0.25, -0.2) is 9.37 Å². The molecule has 8 heteroatoms. The molecule has 0 saturated carbocycles. The second kappa shape index (κ2) is 6.85. The fraction of sp³-hybridized carbons (Fsp3) is 0.136. The Kier molecular flexibility index (Phi) is 4.37. The van der Waals surface area contributed by atoms with E-state index in [-0.39, 0.29) is 16.8 Å². The highest BCUT2D eigenvalue weighted by Crippen LogP contribution is 2.43. The number of halogens is 2. The zero-order valence-electron chi connectivity index (χ0n) is 15.9. The third-order valence-corrected chi connectivity index (χ3v) is 6.81. The monoisotopic (exact) mass is 484 g/mol. The van der Waals surface area contributed by atoms with Gasteiger partial charge in [0.15, 0.2) is 10.6 Å². The molecule has 0 fully saturated rings. The number of rotatable bonds is 2. The second-order valence-electron chi connectivity index (χ2n) is 7.08. The van der Waals surface area contributed by atoms with Crippen LogP contribution in [0.2, 0.25) is 0 Å². The molecule has 2 aromatic heterocycles. The normalized spacial score (nSPS) is 15.8. The van der Waals surface area contributed by atoms with Crippen molar-refractivity contribution in [3.8, 4) is 0 Å². The van der Waals surface area contributed by atoms with Crippen molar-refractivity contribution in [2.24, 2.45) is 0 Å². The molecule has 30 heavy (non-hydrogen) atoms. The third-order valence-electron chi connectivity index (χ3n) is 5.24. The van der Waals surface area contributed by atoms with Gasteiger partial charge in [-0.1, -0.05) is 28.1 Å². The van der Waals surface area contributed by atoms with Gasteiger partial charge in [0.2, 0.25) is 5.76 Å². The summed E-state index contributed by atoms with van der Waals surface area (Å²) in [5.41, 5.74) is 1.70. The van der Waals surface area contributed by atoms with Crippen LogP contribution in [0.15, 0.2) is 56.1 Å². The Balaban J connectivity index is 1.82. The number of aromatic nitrogens is 1. The largest absolute Gasteiger partial charge is 0.450 e. The molecule has 4 aromatic rings. The summed E-state index contributed by atoms with van der Waals surface area (Å²) >= 11 is 4.75. The van der Waals surface area contributed by atoms with Crippen LogP contribution < -0.4 is 10.3 Å². The third kappa shape index (κ3) is 2.82. The number of fused-ring (bicyclic) bond motifs is 2. The number of carbonyl (C=O) groups is 1. The number of thiazole rings is 1. The summed E-state index contributed by atoms with van der Waals surface area (Å²) in [6, 6.07) is 10.1. The Morgan fingerprint density at radius 2 is 1.87 bits per heavy atom. The van der Waals surface area contributed by atoms with Gasteiger partial charge >= 0.3 is 0 Å². The van der Waals surface area contributed by atoms with Crippen LogP contribution in [0.25, 0.3) is 11.0 Å². The van der Waals surface area contributed by atoms with Gasteiger partial charge in [0.1, 0.15) is 11.4 Å². The molecule has 0 N–H and O–H groups in total. The quantitative estimate of drug-likeness (QED) is 0.375. The predicted molar refractivity (Wildman–Crippen MR) is 117 cm³/mol. The lowest BCUT2D eigenvalue weighted by atomic mass is 9.99. The van der Waals surface area contributed by atoms with Gasteiger partial charge in [-0.05, 0) is 49.7 Å². The van der Waals surface area contributed by atoms with Crippen molar-refractivity contribution in [3.05, 3.63) is 90.4 Å². The van der Waals surface area contributed by atoms with Crippen LogP contribution in [0.4, 0.5) is 9.52 Å². The van der Waals surface area contributed by atoms with Gasteiger partial charge < -0.3 is 4.42 Å². The van der Waals surface area contributed by atoms with Crippen molar-refractivity contribution in [1.29, 1.82) is 0 Å². The topological polar surface area (TPSA) is 63.4 Å². The van der Waals surface area contributed by atoms with E-state index in [4.69, 9.17) is 4.42 Å². The molecule has 2 aromatic carbocycles. The van der Waals surface area contributed by atoms with Crippen LogP contribution in [0.1, 0.15) is 38.3 Å². The zero-order valence-corrected chi connectivity index (χ0v) is 18.3. The molecule has 0 spiro atoms. The SMILES string of the molecule is Cc1nc(N2C(=O)c3oc4ccc(Br)cc4c(=O)c3[C@@H]2c2ccc(F)cc2)sc1C. The van der Waals surface area contributed by atoms with Crippen molar-refractivity contribution in [2.45, 2.75) is 19.9 Å². The molecule has 150 valence electrons. The summed E-state index contributed by atoms with van der Waals surface area (Å²) in [4.78, 5) is 33.9. The first-order valence-corrected chi connectivity index (χ1v) is 10.8. The molecule has 0 bridgehead atoms. The van der Waals surface area contributed by atoms with Gasteiger partial charge in [-0.3, -0.25) is 14.5 Å². The Labute approximate surface area is 182 Å². The molecule has 0 aliphatic carbocycles. The molecule has 1 aliphatic rings. The fourth-order valence-corrected chi connectivity index (χ4v) is 4.96. The minimum Gasteiger partial charge on any atom is -0.450 e. The molecular formula is C22H14BrFN2O3S. The average molecular weight is 485 g/mol. The molecule has 0 unspecified atom stereocenters. The summed E-state index contributed by atoms with van der Waals surface area (Å²) in [6.07, 6.45) is 0. The van der Waals surface area contributed by atoms with E-state index < -0.39 is 17.8 Å². The van der Waals surface area contributed by atoms with Crippen molar-refractivity contribution in [3.63, 3.8) is 0 Å². The van der Waals surface area contributed by atoms with E-state index in [1.807, 2.05) is 13.8 Å². The number of nitrogens with zero attached hydrogens (tertiary/aromatic N) is 2. The van der Waals surface area contributed by atoms with E-state index in [1.165, 1.54) is 28.4 Å². The number of benzene rings is 2. The molecule has 1 atom stereocenters. The van der Waals surface area contributed by atoms with Gasteiger partial charge in [0, 0.05) is 9.35 Å². The standard InChI is InChI=1S/C22H14BrFN2O3S/c1-10-11(2)30-22(25-10)26-18(12-3-6-14(24)7-4-12)17-19(27)15-9-13(23)5-8-16(15)29-20(17)21(26)28/h3-9,18H,1-2H3/t18-/m0/s1. The smallest absolute Gasteiger partial charge is 0.297 e. The lowest BCUT2D eigenvalue weighted by Gasteiger charge is -2.22. The van der Waals surface area contributed by atoms with Crippen molar-refractivity contribution >= 4 is 49.3 Å². The number of hydrogen-bond acceptors (Lipinski definition) is 5. The Morgan fingerprint density at radius 1 is 1.13 bits per heavy atom. The van der Waals surface area contributed by atoms with Crippen LogP contribution in [-0.2, 0) is 0 Å². The number of hydrogen-bond donors (Lipinski definition) is 0. The van der Waals surface area contributed by atoms with E-state index in [0.717, 1.165) is 15.0 Å². The van der Waals surface area contributed by atoms with Crippen molar-refractivity contribution in [1.82, 2.24) is 4.98 Å². The van der Waals surface area contributed by atoms with Crippen molar-refractivity contribution in [2.75, 3.05) is 4.90 Å². The van der Waals surface area contributed by atoms with Crippen LogP contribution in [-0.4, -0.2) is 10.9 Å². The summed E-state index contributed by atoms with van der Waals surface area (Å²) in [5.74, 6) is -0.838. The van der Waals surface area contributed by atoms with Gasteiger partial charge in [0.25, 0.3) is 5.91 Å². The van der Waals surface area contributed by atoms with E-state index >= 15 is 0 Å². The van der Waals surface area contributed by atoms with Crippen LogP contribution >= 0.6 is 27.3 Å². The highest BCUT2D eigenvalue weighted by atomic mass is 79.9. The van der Waals surface area contributed by atoms with Gasteiger partial charge in [0.05, 0.1) is 22.7 Å². The number of aryl methyl sites for hydroxylation is 2. The van der Waals surface area contributed by atoms with Crippen LogP contribution in [0.5, 0.6) is 0 Å². The van der Waals surface area contributed by atoms with Crippen LogP contribution in [0.3, 0.4) is 0 Å². The average Bonchev–Trinajstić information content (AvgIpc) is 3.20. The molecule has 0 saturated heterocycles. The second-order valence-corrected chi connectivity index (χ2v) is 9.18. The highest BCUT2D eigenvalue weighted by Gasteiger charge is 2.45. The number of carbonyl (C=O) groups excluding carboxylic acids is 1. The first-order valence-electron chi connectivity index (χ1n) is 9.14. The minimum atomic E-state index is -0.752. The first-order chi connectivity index (χ1) is 14.3. The van der Waals surface area contributed by atoms with E-state index in [2.05, 4.69) is 20.9 Å². The van der Waals surface area contributed by atoms with Gasteiger partial charge in [-0.15, -0.1) is 11.3 Å². The summed E-state index contributed by atoms with van der Waals surface area (Å²) in [7, 11) is 0. The Bertz CT molecular complexity index is 1370. The lowest BCUT2D eigenvalue weighted by molar-refractivity contribution is 0.0971. The van der Waals surface area contributed by atoms with Crippen LogP contribution in [0, 0.1) is 19.7 Å². The van der Waals surface area contributed by atoms with E-state index in [9.17, 15) is 14.0 Å². The Morgan fingerprint density at radius 3 is 2.53 bits per heavy atom. The van der Waals surface area contributed by atoms with Crippen molar-refractivity contribution < 1.29 is 13.6 Å². The molecule has 3 heterocycles. The number of anilines is 1. The lowest BCUT2D eigenvalue weighted by Crippen LogP contribution is -2.29. The Hall–Kier alpha value is -2.84. The molecule has 0 radical (unpaired) electrons. The maximum Gasteiger partial charge on any atom is 0.297 e. The molecule has 5 nitrogen and oxygen atoms in total. The van der Waals surface area contributed by atoms with Gasteiger partial charge in [-0.2, -0.15) is 0 Å². The highest BCUT2D eigenvalue weighted by molar-refractivity contribution is 9.10. The minimum absolute atomic E-state index is 0.00495. The summed E-state index contributed by atoms with van der Waals surface area (Å²) < 4.78 is 20.2. The zero-order chi connectivity index (χ0) is 21.2. The fourth-order valence-electron chi connectivity index (χ4n) is 3.66. The maximum atomic E-state index is 13.6. The van der Waals surface area contributed by atoms with E-state index in [0.29, 0.717) is 21.7 Å². The first kappa shape index (κ1) is 19.1. The number of amides is 1.